The minimum absolute atomic E-state index is 0.189. The zero-order valence-corrected chi connectivity index (χ0v) is 16.0. The molecule has 5 nitrogen and oxygen atoms in total. The average Bonchev–Trinajstić information content (AvgIpc) is 3.17. The second-order valence-electron chi connectivity index (χ2n) is 6.76. The van der Waals surface area contributed by atoms with Gasteiger partial charge in [-0.25, -0.2) is 4.39 Å². The van der Waals surface area contributed by atoms with Crippen molar-refractivity contribution in [1.29, 1.82) is 0 Å². The van der Waals surface area contributed by atoms with Crippen molar-refractivity contribution in [2.24, 2.45) is 0 Å². The first-order chi connectivity index (χ1) is 13.6. The van der Waals surface area contributed by atoms with Gasteiger partial charge in [-0.05, 0) is 42.0 Å². The molecule has 4 rings (SSSR count). The lowest BCUT2D eigenvalue weighted by Gasteiger charge is -2.34. The summed E-state index contributed by atoms with van der Waals surface area (Å²) in [6, 6.07) is 14.0. The summed E-state index contributed by atoms with van der Waals surface area (Å²) in [5, 5.41) is 0. The molecule has 1 N–H and O–H groups in total. The molecule has 144 valence electrons. The summed E-state index contributed by atoms with van der Waals surface area (Å²) in [6.45, 7) is 3.49. The molecule has 0 atom stereocenters. The van der Waals surface area contributed by atoms with Crippen LogP contribution >= 0.6 is 11.3 Å². The van der Waals surface area contributed by atoms with Gasteiger partial charge in [0.15, 0.2) is 0 Å². The summed E-state index contributed by atoms with van der Waals surface area (Å²) in [7, 11) is 0. The van der Waals surface area contributed by atoms with E-state index in [0.717, 1.165) is 30.1 Å². The highest BCUT2D eigenvalue weighted by atomic mass is 32.1. The van der Waals surface area contributed by atoms with Crippen molar-refractivity contribution in [3.8, 4) is 10.4 Å². The zero-order chi connectivity index (χ0) is 19.5. The number of thiophene rings is 1. The molecule has 3 aromatic rings. The number of rotatable bonds is 4. The quantitative estimate of drug-likeness (QED) is 0.736. The number of hydrogen-bond donors (Lipinski definition) is 1. The van der Waals surface area contributed by atoms with Crippen molar-refractivity contribution in [3.05, 3.63) is 81.3 Å². The Labute approximate surface area is 166 Å². The standard InChI is InChI=1S/C21H20FN3O2S/c22-16-4-1-3-15(13-16)19-7-6-17(28-19)14-24-9-11-25(12-10-24)21(27)18-5-2-8-23-20(18)26/h1-8,13H,9-12,14H2,(H,23,26). The monoisotopic (exact) mass is 397 g/mol. The van der Waals surface area contributed by atoms with Crippen molar-refractivity contribution in [3.63, 3.8) is 0 Å². The molecular formula is C21H20FN3O2S. The lowest BCUT2D eigenvalue weighted by atomic mass is 10.2. The van der Waals surface area contributed by atoms with E-state index in [1.807, 2.05) is 12.1 Å². The van der Waals surface area contributed by atoms with Crippen LogP contribution in [0.4, 0.5) is 4.39 Å². The van der Waals surface area contributed by atoms with Gasteiger partial charge < -0.3 is 9.88 Å². The van der Waals surface area contributed by atoms with Crippen molar-refractivity contribution >= 4 is 17.2 Å². The smallest absolute Gasteiger partial charge is 0.260 e. The number of piperazine rings is 1. The Morgan fingerprint density at radius 1 is 1.07 bits per heavy atom. The predicted molar refractivity (Wildman–Crippen MR) is 108 cm³/mol. The number of benzene rings is 1. The summed E-state index contributed by atoms with van der Waals surface area (Å²) in [6.07, 6.45) is 1.52. The Balaban J connectivity index is 1.36. The number of halogens is 1. The summed E-state index contributed by atoms with van der Waals surface area (Å²) in [5.74, 6) is -0.448. The maximum atomic E-state index is 13.4. The number of amides is 1. The van der Waals surface area contributed by atoms with Crippen LogP contribution in [0.5, 0.6) is 0 Å². The lowest BCUT2D eigenvalue weighted by molar-refractivity contribution is 0.0628. The summed E-state index contributed by atoms with van der Waals surface area (Å²) >= 11 is 1.66. The van der Waals surface area contributed by atoms with Crippen molar-refractivity contribution < 1.29 is 9.18 Å². The van der Waals surface area contributed by atoms with Crippen LogP contribution < -0.4 is 5.56 Å². The maximum Gasteiger partial charge on any atom is 0.260 e. The summed E-state index contributed by atoms with van der Waals surface area (Å²) in [5.41, 5.74) is 0.729. The van der Waals surface area contributed by atoms with Gasteiger partial charge in [0.1, 0.15) is 11.4 Å². The van der Waals surface area contributed by atoms with E-state index < -0.39 is 0 Å². The second-order valence-corrected chi connectivity index (χ2v) is 7.93. The van der Waals surface area contributed by atoms with Gasteiger partial charge in [-0.1, -0.05) is 12.1 Å². The first-order valence-corrected chi connectivity index (χ1v) is 9.96. The molecule has 0 bridgehead atoms. The SMILES string of the molecule is O=C(c1ccc[nH]c1=O)N1CCN(Cc2ccc(-c3cccc(F)c3)s2)CC1. The van der Waals surface area contributed by atoms with Crippen LogP contribution in [0.1, 0.15) is 15.2 Å². The molecule has 1 saturated heterocycles. The highest BCUT2D eigenvalue weighted by Crippen LogP contribution is 2.29. The van der Waals surface area contributed by atoms with Gasteiger partial charge >= 0.3 is 0 Å². The minimum atomic E-state index is -0.349. The van der Waals surface area contributed by atoms with E-state index in [0.29, 0.717) is 13.1 Å². The first kappa shape index (κ1) is 18.6. The Kier molecular flexibility index (Phi) is 5.36. The molecule has 1 aromatic carbocycles. The van der Waals surface area contributed by atoms with Crippen LogP contribution in [0.25, 0.3) is 10.4 Å². The minimum Gasteiger partial charge on any atom is -0.336 e. The average molecular weight is 397 g/mol. The van der Waals surface area contributed by atoms with E-state index in [4.69, 9.17) is 0 Å². The highest BCUT2D eigenvalue weighted by molar-refractivity contribution is 7.15. The van der Waals surface area contributed by atoms with Crippen molar-refractivity contribution in [1.82, 2.24) is 14.8 Å². The Hall–Kier alpha value is -2.77. The van der Waals surface area contributed by atoms with Gasteiger partial charge in [0.25, 0.3) is 11.5 Å². The van der Waals surface area contributed by atoms with Crippen LogP contribution in [0.2, 0.25) is 0 Å². The van der Waals surface area contributed by atoms with E-state index in [2.05, 4.69) is 16.0 Å². The molecule has 3 heterocycles. The third kappa shape index (κ3) is 4.05. The molecule has 0 spiro atoms. The molecule has 0 aliphatic carbocycles. The number of pyridine rings is 1. The molecule has 0 saturated carbocycles. The van der Waals surface area contributed by atoms with E-state index in [9.17, 15) is 14.0 Å². The van der Waals surface area contributed by atoms with Crippen LogP contribution in [-0.4, -0.2) is 46.9 Å². The second kappa shape index (κ2) is 8.08. The number of nitrogens with one attached hydrogen (secondary N) is 1. The van der Waals surface area contributed by atoms with E-state index >= 15 is 0 Å². The van der Waals surface area contributed by atoms with Gasteiger partial charge in [-0.15, -0.1) is 11.3 Å². The number of aromatic nitrogens is 1. The summed E-state index contributed by atoms with van der Waals surface area (Å²) < 4.78 is 13.4. The number of carbonyl (C=O) groups excluding carboxylic acids is 1. The number of hydrogen-bond acceptors (Lipinski definition) is 4. The van der Waals surface area contributed by atoms with Gasteiger partial charge in [-0.3, -0.25) is 14.5 Å². The van der Waals surface area contributed by atoms with Gasteiger partial charge in [0.2, 0.25) is 0 Å². The van der Waals surface area contributed by atoms with Crippen LogP contribution in [-0.2, 0) is 6.54 Å². The Bertz CT molecular complexity index is 1040. The fourth-order valence-corrected chi connectivity index (χ4v) is 4.40. The molecule has 1 amide bonds. The van der Waals surface area contributed by atoms with Crippen LogP contribution in [0.3, 0.4) is 0 Å². The third-order valence-electron chi connectivity index (χ3n) is 4.86. The van der Waals surface area contributed by atoms with E-state index in [1.165, 1.54) is 17.1 Å². The molecule has 1 aliphatic heterocycles. The predicted octanol–water partition coefficient (Wildman–Crippen LogP) is 3.20. The largest absolute Gasteiger partial charge is 0.336 e. The van der Waals surface area contributed by atoms with Gasteiger partial charge in [0, 0.05) is 48.7 Å². The lowest BCUT2D eigenvalue weighted by Crippen LogP contribution is -2.49. The molecule has 28 heavy (non-hydrogen) atoms. The molecule has 0 radical (unpaired) electrons. The summed E-state index contributed by atoms with van der Waals surface area (Å²) in [4.78, 5) is 33.2. The van der Waals surface area contributed by atoms with Crippen LogP contribution in [0.15, 0.2) is 59.5 Å². The maximum absolute atomic E-state index is 13.4. The molecule has 7 heteroatoms. The van der Waals surface area contributed by atoms with Crippen molar-refractivity contribution in [2.75, 3.05) is 26.2 Å². The topological polar surface area (TPSA) is 56.4 Å². The highest BCUT2D eigenvalue weighted by Gasteiger charge is 2.24. The zero-order valence-electron chi connectivity index (χ0n) is 15.2. The number of nitrogens with zero attached hydrogens (tertiary/aromatic N) is 2. The number of carbonyl (C=O) groups is 1. The number of aromatic amines is 1. The van der Waals surface area contributed by atoms with Crippen LogP contribution in [0, 0.1) is 5.82 Å². The van der Waals surface area contributed by atoms with E-state index in [-0.39, 0.29) is 22.8 Å². The van der Waals surface area contributed by atoms with Gasteiger partial charge in [0.05, 0.1) is 0 Å². The fraction of sp³-hybridized carbons (Fsp3) is 0.238. The van der Waals surface area contributed by atoms with Gasteiger partial charge in [-0.2, -0.15) is 0 Å². The molecular weight excluding hydrogens is 377 g/mol. The van der Waals surface area contributed by atoms with Crippen molar-refractivity contribution in [2.45, 2.75) is 6.54 Å². The first-order valence-electron chi connectivity index (χ1n) is 9.14. The van der Waals surface area contributed by atoms with E-state index in [1.54, 1.807) is 40.5 Å². The molecule has 0 unspecified atom stereocenters. The normalized spacial score (nSPS) is 15.0. The Morgan fingerprint density at radius 2 is 1.89 bits per heavy atom. The fourth-order valence-electron chi connectivity index (χ4n) is 3.35. The third-order valence-corrected chi connectivity index (χ3v) is 5.98. The number of H-pyrrole nitrogens is 1. The Morgan fingerprint density at radius 3 is 2.64 bits per heavy atom. The molecule has 2 aromatic heterocycles. The molecule has 1 aliphatic rings. The molecule has 1 fully saturated rings.